The minimum absolute atomic E-state index is 0.000278. The molecule has 0 saturated heterocycles. The zero-order chi connectivity index (χ0) is 9.97. The second kappa shape index (κ2) is 4.09. The molecule has 78 valence electrons. The van der Waals surface area contributed by atoms with E-state index in [0.717, 1.165) is 18.8 Å². The summed E-state index contributed by atoms with van der Waals surface area (Å²) in [5.74, 6) is 2.39. The highest BCUT2D eigenvalue weighted by atomic mass is 16.3. The third kappa shape index (κ3) is 1.54. The molecule has 4 heteroatoms. The van der Waals surface area contributed by atoms with Crippen LogP contribution in [0.25, 0.3) is 0 Å². The topological polar surface area (TPSA) is 50.9 Å². The first kappa shape index (κ1) is 9.65. The molecule has 0 amide bonds. The molecule has 0 spiro atoms. The highest BCUT2D eigenvalue weighted by Crippen LogP contribution is 2.35. The molecule has 1 fully saturated rings. The molecule has 1 aromatic rings. The summed E-state index contributed by atoms with van der Waals surface area (Å²) in [6, 6.07) is 0. The highest BCUT2D eigenvalue weighted by Gasteiger charge is 2.25. The number of hydrogen-bond acceptors (Lipinski definition) is 3. The molecule has 4 nitrogen and oxygen atoms in total. The first-order chi connectivity index (χ1) is 6.86. The van der Waals surface area contributed by atoms with Gasteiger partial charge in [-0.15, -0.1) is 10.2 Å². The quantitative estimate of drug-likeness (QED) is 0.791. The molecule has 1 N–H and O–H groups in total. The van der Waals surface area contributed by atoms with E-state index in [0.29, 0.717) is 11.7 Å². The number of aliphatic hydroxyl groups is 1. The number of nitrogens with zero attached hydrogens (tertiary/aromatic N) is 3. The van der Waals surface area contributed by atoms with Gasteiger partial charge in [-0.3, -0.25) is 0 Å². The summed E-state index contributed by atoms with van der Waals surface area (Å²) in [6.45, 7) is 3.06. The van der Waals surface area contributed by atoms with Crippen molar-refractivity contribution in [2.75, 3.05) is 0 Å². The van der Waals surface area contributed by atoms with Gasteiger partial charge in [0.1, 0.15) is 12.4 Å². The van der Waals surface area contributed by atoms with Gasteiger partial charge in [0.2, 0.25) is 0 Å². The van der Waals surface area contributed by atoms with Crippen molar-refractivity contribution in [3.8, 4) is 0 Å². The number of aromatic nitrogens is 3. The summed E-state index contributed by atoms with van der Waals surface area (Å²) < 4.78 is 2.09. The van der Waals surface area contributed by atoms with Gasteiger partial charge in [-0.2, -0.15) is 0 Å². The van der Waals surface area contributed by atoms with Gasteiger partial charge < -0.3 is 9.67 Å². The average Bonchev–Trinajstić information content (AvgIpc) is 2.47. The Kier molecular flexibility index (Phi) is 2.82. The fraction of sp³-hybridized carbons (Fsp3) is 0.800. The van der Waals surface area contributed by atoms with Crippen molar-refractivity contribution in [2.24, 2.45) is 0 Å². The highest BCUT2D eigenvalue weighted by molar-refractivity contribution is 5.05. The third-order valence-electron chi connectivity index (χ3n) is 2.91. The van der Waals surface area contributed by atoms with Crippen LogP contribution in [0.4, 0.5) is 0 Å². The Morgan fingerprint density at radius 1 is 1.43 bits per heavy atom. The fourth-order valence-corrected chi connectivity index (χ4v) is 1.90. The monoisotopic (exact) mass is 195 g/mol. The largest absolute Gasteiger partial charge is 0.388 e. The molecule has 0 atom stereocenters. The summed E-state index contributed by atoms with van der Waals surface area (Å²) in [5.41, 5.74) is 0. The van der Waals surface area contributed by atoms with Gasteiger partial charge in [0.25, 0.3) is 0 Å². The van der Waals surface area contributed by atoms with E-state index in [1.54, 1.807) is 0 Å². The van der Waals surface area contributed by atoms with Crippen LogP contribution in [0.15, 0.2) is 0 Å². The Labute approximate surface area is 84.0 Å². The number of aliphatic hydroxyl groups excluding tert-OH is 1. The van der Waals surface area contributed by atoms with Crippen molar-refractivity contribution >= 4 is 0 Å². The van der Waals surface area contributed by atoms with Crippen LogP contribution < -0.4 is 0 Å². The maximum Gasteiger partial charge on any atom is 0.158 e. The lowest BCUT2D eigenvalue weighted by molar-refractivity contribution is 0.262. The zero-order valence-corrected chi connectivity index (χ0v) is 8.61. The van der Waals surface area contributed by atoms with Gasteiger partial charge in [0.05, 0.1) is 0 Å². The predicted molar refractivity (Wildman–Crippen MR) is 52.8 cm³/mol. The normalized spacial score (nSPS) is 17.0. The Hall–Kier alpha value is -0.900. The molecule has 0 aliphatic heterocycles. The zero-order valence-electron chi connectivity index (χ0n) is 8.61. The molecular weight excluding hydrogens is 178 g/mol. The van der Waals surface area contributed by atoms with E-state index in [9.17, 15) is 0 Å². The summed E-state index contributed by atoms with van der Waals surface area (Å²) in [7, 11) is 0. The minimum Gasteiger partial charge on any atom is -0.388 e. The van der Waals surface area contributed by atoms with E-state index in [1.807, 2.05) is 0 Å². The van der Waals surface area contributed by atoms with E-state index < -0.39 is 0 Å². The van der Waals surface area contributed by atoms with Crippen LogP contribution in [-0.2, 0) is 13.2 Å². The fourth-order valence-electron chi connectivity index (χ4n) is 1.90. The second-order valence-electron chi connectivity index (χ2n) is 3.91. The van der Waals surface area contributed by atoms with Gasteiger partial charge >= 0.3 is 0 Å². The van der Waals surface area contributed by atoms with Crippen LogP contribution >= 0.6 is 0 Å². The lowest BCUT2D eigenvalue weighted by Gasteiger charge is -2.25. The molecule has 1 aromatic heterocycles. The van der Waals surface area contributed by atoms with Crippen molar-refractivity contribution in [1.82, 2.24) is 14.8 Å². The summed E-state index contributed by atoms with van der Waals surface area (Å²) in [6.07, 6.45) is 4.82. The minimum atomic E-state index is -0.000278. The van der Waals surface area contributed by atoms with E-state index in [1.165, 1.54) is 19.3 Å². The molecule has 0 radical (unpaired) electrons. The Balaban J connectivity index is 2.23. The molecule has 1 aliphatic carbocycles. The van der Waals surface area contributed by atoms with Crippen LogP contribution in [0.2, 0.25) is 0 Å². The molecular formula is C10H17N3O. The van der Waals surface area contributed by atoms with Crippen LogP contribution in [0.3, 0.4) is 0 Å². The van der Waals surface area contributed by atoms with Crippen LogP contribution in [0, 0.1) is 0 Å². The van der Waals surface area contributed by atoms with Crippen LogP contribution in [0.5, 0.6) is 0 Å². The van der Waals surface area contributed by atoms with Crippen molar-refractivity contribution in [1.29, 1.82) is 0 Å². The Morgan fingerprint density at radius 2 is 2.21 bits per heavy atom. The molecule has 1 heterocycles. The van der Waals surface area contributed by atoms with Gasteiger partial charge in [-0.1, -0.05) is 13.3 Å². The summed E-state index contributed by atoms with van der Waals surface area (Å²) >= 11 is 0. The molecule has 0 bridgehead atoms. The molecule has 14 heavy (non-hydrogen) atoms. The molecule has 1 aliphatic rings. The molecule has 1 saturated carbocycles. The first-order valence-corrected chi connectivity index (χ1v) is 5.39. The summed E-state index contributed by atoms with van der Waals surface area (Å²) in [4.78, 5) is 0. The predicted octanol–water partition coefficient (Wildman–Crippen LogP) is 1.45. The van der Waals surface area contributed by atoms with E-state index in [4.69, 9.17) is 5.11 Å². The maximum absolute atomic E-state index is 9.11. The van der Waals surface area contributed by atoms with Gasteiger partial charge in [-0.25, -0.2) is 0 Å². The first-order valence-electron chi connectivity index (χ1n) is 5.39. The van der Waals surface area contributed by atoms with Crippen LogP contribution in [0.1, 0.15) is 50.2 Å². The van der Waals surface area contributed by atoms with Crippen molar-refractivity contribution in [2.45, 2.75) is 51.7 Å². The van der Waals surface area contributed by atoms with Gasteiger partial charge in [0.15, 0.2) is 5.82 Å². The van der Waals surface area contributed by atoms with Gasteiger partial charge in [-0.05, 0) is 19.3 Å². The Bertz CT molecular complexity index is 304. The summed E-state index contributed by atoms with van der Waals surface area (Å²) in [5, 5.41) is 17.3. The van der Waals surface area contributed by atoms with Gasteiger partial charge in [0, 0.05) is 12.5 Å². The third-order valence-corrected chi connectivity index (χ3v) is 2.91. The smallest absolute Gasteiger partial charge is 0.158 e. The average molecular weight is 195 g/mol. The van der Waals surface area contributed by atoms with E-state index in [-0.39, 0.29) is 6.61 Å². The lowest BCUT2D eigenvalue weighted by Crippen LogP contribution is -2.16. The Morgan fingerprint density at radius 3 is 2.71 bits per heavy atom. The molecule has 2 rings (SSSR count). The molecule has 0 aromatic carbocycles. The SMILES string of the molecule is CCCn1c(CO)nnc1C1CCC1. The molecule has 0 unspecified atom stereocenters. The maximum atomic E-state index is 9.11. The van der Waals surface area contributed by atoms with E-state index >= 15 is 0 Å². The standard InChI is InChI=1S/C10H17N3O/c1-2-6-13-9(7-14)11-12-10(13)8-4-3-5-8/h8,14H,2-7H2,1H3. The van der Waals surface area contributed by atoms with Crippen molar-refractivity contribution < 1.29 is 5.11 Å². The van der Waals surface area contributed by atoms with Crippen LogP contribution in [-0.4, -0.2) is 19.9 Å². The second-order valence-corrected chi connectivity index (χ2v) is 3.91. The van der Waals surface area contributed by atoms with Crippen molar-refractivity contribution in [3.05, 3.63) is 11.6 Å². The number of rotatable bonds is 4. The number of hydrogen-bond donors (Lipinski definition) is 1. The lowest BCUT2D eigenvalue weighted by atomic mass is 9.85. The van der Waals surface area contributed by atoms with E-state index in [2.05, 4.69) is 21.7 Å². The van der Waals surface area contributed by atoms with Crippen molar-refractivity contribution in [3.63, 3.8) is 0 Å².